The molecule has 0 fully saturated rings. The third-order valence-electron chi connectivity index (χ3n) is 2.45. The molecule has 2 aromatic heterocycles. The van der Waals surface area contributed by atoms with Crippen molar-refractivity contribution in [2.24, 2.45) is 7.05 Å². The van der Waals surface area contributed by atoms with Crippen molar-refractivity contribution in [3.8, 4) is 0 Å². The largest absolute Gasteiger partial charge is 0.354 e. The molecule has 19 heavy (non-hydrogen) atoms. The van der Waals surface area contributed by atoms with Crippen LogP contribution in [0.2, 0.25) is 5.15 Å². The predicted molar refractivity (Wildman–Crippen MR) is 66.7 cm³/mol. The molecule has 2 heterocycles. The van der Waals surface area contributed by atoms with Crippen LogP contribution in [0.3, 0.4) is 0 Å². The molecular formula is C9H10ClN7O2. The van der Waals surface area contributed by atoms with E-state index in [-0.39, 0.29) is 22.7 Å². The lowest BCUT2D eigenvalue weighted by Gasteiger charge is -2.13. The maximum atomic E-state index is 10.9. The van der Waals surface area contributed by atoms with Gasteiger partial charge in [0.05, 0.1) is 11.0 Å². The molecule has 9 nitrogen and oxygen atoms in total. The van der Waals surface area contributed by atoms with Crippen LogP contribution in [0.15, 0.2) is 12.7 Å². The number of hydrogen-bond donors (Lipinski definition) is 1. The van der Waals surface area contributed by atoms with Crippen molar-refractivity contribution in [2.75, 3.05) is 5.32 Å². The van der Waals surface area contributed by atoms with E-state index >= 15 is 0 Å². The van der Waals surface area contributed by atoms with Crippen molar-refractivity contribution >= 4 is 23.1 Å². The Bertz CT molecular complexity index is 614. The van der Waals surface area contributed by atoms with Gasteiger partial charge in [0.2, 0.25) is 11.0 Å². The van der Waals surface area contributed by atoms with Gasteiger partial charge in [0.15, 0.2) is 5.82 Å². The Morgan fingerprint density at radius 3 is 2.84 bits per heavy atom. The lowest BCUT2D eigenvalue weighted by molar-refractivity contribution is -0.384. The van der Waals surface area contributed by atoms with E-state index in [2.05, 4.69) is 25.5 Å². The first-order valence-electron chi connectivity index (χ1n) is 5.26. The molecule has 0 saturated heterocycles. The highest BCUT2D eigenvalue weighted by molar-refractivity contribution is 6.31. The molecule has 0 spiro atoms. The number of aryl methyl sites for hydroxylation is 1. The number of anilines is 1. The van der Waals surface area contributed by atoms with Gasteiger partial charge in [0.25, 0.3) is 0 Å². The first kappa shape index (κ1) is 13.1. The van der Waals surface area contributed by atoms with Crippen LogP contribution >= 0.6 is 11.6 Å². The Balaban J connectivity index is 2.32. The van der Waals surface area contributed by atoms with Crippen LogP contribution in [-0.2, 0) is 7.05 Å². The van der Waals surface area contributed by atoms with Crippen LogP contribution in [0.4, 0.5) is 11.5 Å². The minimum atomic E-state index is -0.631. The van der Waals surface area contributed by atoms with E-state index in [0.717, 1.165) is 6.33 Å². The summed E-state index contributed by atoms with van der Waals surface area (Å²) in [5, 5.41) is 21.3. The molecule has 1 unspecified atom stereocenters. The molecule has 0 amide bonds. The summed E-state index contributed by atoms with van der Waals surface area (Å²) in [5.74, 6) is 0.657. The molecule has 100 valence electrons. The fourth-order valence-electron chi connectivity index (χ4n) is 1.58. The number of aromatic nitrogens is 5. The predicted octanol–water partition coefficient (Wildman–Crippen LogP) is 1.34. The summed E-state index contributed by atoms with van der Waals surface area (Å²) in [6.45, 7) is 1.78. The standard InChI is InChI=1S/C9H10ClN7O2/c1-5(9-15-13-4-16(9)2)14-8-6(17(18)19)7(10)11-3-12-8/h3-5H,1-2H3,(H,11,12,14). The number of nitrogens with zero attached hydrogens (tertiary/aromatic N) is 6. The Kier molecular flexibility index (Phi) is 3.56. The molecule has 2 aromatic rings. The SMILES string of the molecule is CC(Nc1ncnc(Cl)c1[N+](=O)[O-])c1nncn1C. The monoisotopic (exact) mass is 283 g/mol. The number of hydrogen-bond acceptors (Lipinski definition) is 7. The molecule has 0 saturated carbocycles. The van der Waals surface area contributed by atoms with Gasteiger partial charge in [-0.05, 0) is 6.92 Å². The zero-order valence-electron chi connectivity index (χ0n) is 10.1. The Labute approximate surface area is 112 Å². The van der Waals surface area contributed by atoms with Crippen molar-refractivity contribution in [2.45, 2.75) is 13.0 Å². The van der Waals surface area contributed by atoms with Gasteiger partial charge < -0.3 is 9.88 Å². The van der Waals surface area contributed by atoms with Gasteiger partial charge in [-0.3, -0.25) is 10.1 Å². The summed E-state index contributed by atoms with van der Waals surface area (Å²) in [5.41, 5.74) is -0.363. The highest BCUT2D eigenvalue weighted by Gasteiger charge is 2.24. The molecule has 2 rings (SSSR count). The van der Waals surface area contributed by atoms with E-state index in [4.69, 9.17) is 11.6 Å². The smallest absolute Gasteiger partial charge is 0.348 e. The quantitative estimate of drug-likeness (QED) is 0.512. The maximum Gasteiger partial charge on any atom is 0.348 e. The number of halogens is 1. The average Bonchev–Trinajstić information content (AvgIpc) is 2.75. The Hall–Kier alpha value is -2.29. The second-order valence-corrected chi connectivity index (χ2v) is 4.14. The highest BCUT2D eigenvalue weighted by atomic mass is 35.5. The summed E-state index contributed by atoms with van der Waals surface area (Å²) >= 11 is 5.70. The first-order valence-corrected chi connectivity index (χ1v) is 5.63. The van der Waals surface area contributed by atoms with E-state index < -0.39 is 4.92 Å². The van der Waals surface area contributed by atoms with Gasteiger partial charge in [-0.2, -0.15) is 0 Å². The molecule has 1 atom stereocenters. The van der Waals surface area contributed by atoms with Gasteiger partial charge in [-0.1, -0.05) is 11.6 Å². The molecule has 0 aliphatic rings. The lowest BCUT2D eigenvalue weighted by Crippen LogP contribution is -2.14. The van der Waals surface area contributed by atoms with Crippen LogP contribution in [0, 0.1) is 10.1 Å². The molecule has 0 aliphatic heterocycles. The fraction of sp³-hybridized carbons (Fsp3) is 0.333. The van der Waals surface area contributed by atoms with E-state index in [1.54, 1.807) is 18.5 Å². The third-order valence-corrected chi connectivity index (χ3v) is 2.72. The number of nitrogens with one attached hydrogen (secondary N) is 1. The van der Waals surface area contributed by atoms with Gasteiger partial charge in [-0.15, -0.1) is 10.2 Å². The van der Waals surface area contributed by atoms with E-state index in [1.165, 1.54) is 6.33 Å². The number of rotatable bonds is 4. The van der Waals surface area contributed by atoms with Crippen LogP contribution in [0.1, 0.15) is 18.8 Å². The van der Waals surface area contributed by atoms with Crippen LogP contribution in [0.25, 0.3) is 0 Å². The first-order chi connectivity index (χ1) is 9.00. The second-order valence-electron chi connectivity index (χ2n) is 3.78. The summed E-state index contributed by atoms with van der Waals surface area (Å²) in [4.78, 5) is 17.7. The van der Waals surface area contributed by atoms with Crippen molar-refractivity contribution in [1.29, 1.82) is 0 Å². The van der Waals surface area contributed by atoms with Gasteiger partial charge in [-0.25, -0.2) is 9.97 Å². The average molecular weight is 284 g/mol. The van der Waals surface area contributed by atoms with E-state index in [9.17, 15) is 10.1 Å². The zero-order valence-corrected chi connectivity index (χ0v) is 10.9. The van der Waals surface area contributed by atoms with Crippen molar-refractivity contribution < 1.29 is 4.92 Å². The van der Waals surface area contributed by atoms with Crippen molar-refractivity contribution in [3.63, 3.8) is 0 Å². The third kappa shape index (κ3) is 2.60. The highest BCUT2D eigenvalue weighted by Crippen LogP contribution is 2.30. The molecule has 0 aromatic carbocycles. The molecule has 10 heteroatoms. The molecule has 0 aliphatic carbocycles. The van der Waals surface area contributed by atoms with E-state index in [1.807, 2.05) is 0 Å². The van der Waals surface area contributed by atoms with Crippen LogP contribution in [-0.4, -0.2) is 29.7 Å². The van der Waals surface area contributed by atoms with Crippen LogP contribution < -0.4 is 5.32 Å². The van der Waals surface area contributed by atoms with Crippen molar-refractivity contribution in [1.82, 2.24) is 24.7 Å². The molecular weight excluding hydrogens is 274 g/mol. The summed E-state index contributed by atoms with van der Waals surface area (Å²) < 4.78 is 1.70. The van der Waals surface area contributed by atoms with Crippen molar-refractivity contribution in [3.05, 3.63) is 33.7 Å². The summed E-state index contributed by atoms with van der Waals surface area (Å²) in [7, 11) is 1.77. The van der Waals surface area contributed by atoms with E-state index in [0.29, 0.717) is 5.82 Å². The Morgan fingerprint density at radius 2 is 2.26 bits per heavy atom. The zero-order chi connectivity index (χ0) is 14.0. The number of nitro groups is 1. The topological polar surface area (TPSA) is 112 Å². The minimum absolute atomic E-state index is 0.0421. The van der Waals surface area contributed by atoms with Gasteiger partial charge in [0.1, 0.15) is 12.7 Å². The molecule has 0 bridgehead atoms. The summed E-state index contributed by atoms with van der Waals surface area (Å²) in [6.07, 6.45) is 2.69. The molecule has 1 N–H and O–H groups in total. The van der Waals surface area contributed by atoms with Gasteiger partial charge in [0, 0.05) is 7.05 Å². The summed E-state index contributed by atoms with van der Waals surface area (Å²) in [6, 6.07) is -0.322. The van der Waals surface area contributed by atoms with Gasteiger partial charge >= 0.3 is 5.69 Å². The van der Waals surface area contributed by atoms with Crippen LogP contribution in [0.5, 0.6) is 0 Å². The normalized spacial score (nSPS) is 12.2. The Morgan fingerprint density at radius 1 is 1.53 bits per heavy atom. The minimum Gasteiger partial charge on any atom is -0.354 e. The lowest BCUT2D eigenvalue weighted by atomic mass is 10.3. The molecule has 0 radical (unpaired) electrons. The maximum absolute atomic E-state index is 10.9. The second kappa shape index (κ2) is 5.14. The fourth-order valence-corrected chi connectivity index (χ4v) is 1.78.